The van der Waals surface area contributed by atoms with Crippen molar-refractivity contribution in [3.8, 4) is 0 Å². The minimum Gasteiger partial charge on any atom is -0.377 e. The summed E-state index contributed by atoms with van der Waals surface area (Å²) in [7, 11) is 0. The van der Waals surface area contributed by atoms with Crippen molar-refractivity contribution in [3.63, 3.8) is 0 Å². The molecule has 0 aromatic rings. The van der Waals surface area contributed by atoms with Crippen molar-refractivity contribution >= 4 is 11.8 Å². The van der Waals surface area contributed by atoms with Crippen LogP contribution in [0.25, 0.3) is 0 Å². The fraction of sp³-hybridized carbons (Fsp3) is 1.00. The van der Waals surface area contributed by atoms with Crippen LogP contribution in [0, 0.1) is 5.92 Å². The Kier molecular flexibility index (Phi) is 5.08. The highest BCUT2D eigenvalue weighted by Crippen LogP contribution is 2.25. The van der Waals surface area contributed by atoms with Gasteiger partial charge in [-0.15, -0.1) is 0 Å². The molecule has 2 unspecified atom stereocenters. The molecule has 1 fully saturated rings. The first-order valence-electron chi connectivity index (χ1n) is 4.93. The predicted octanol–water partition coefficient (Wildman–Crippen LogP) is 2.94. The van der Waals surface area contributed by atoms with Crippen LogP contribution >= 0.6 is 11.8 Å². The highest BCUT2D eigenvalue weighted by molar-refractivity contribution is 7.98. The summed E-state index contributed by atoms with van der Waals surface area (Å²) < 4.78 is 5.77. The first kappa shape index (κ1) is 10.4. The van der Waals surface area contributed by atoms with E-state index in [9.17, 15) is 0 Å². The fourth-order valence-electron chi connectivity index (χ4n) is 1.83. The molecule has 1 nitrogen and oxygen atoms in total. The van der Waals surface area contributed by atoms with Crippen molar-refractivity contribution in [2.75, 3.05) is 18.6 Å². The van der Waals surface area contributed by atoms with Gasteiger partial charge in [0, 0.05) is 5.75 Å². The van der Waals surface area contributed by atoms with Gasteiger partial charge >= 0.3 is 0 Å². The van der Waals surface area contributed by atoms with Crippen LogP contribution in [-0.2, 0) is 4.74 Å². The average Bonchev–Trinajstić information content (AvgIpc) is 2.05. The van der Waals surface area contributed by atoms with Crippen molar-refractivity contribution in [1.29, 1.82) is 0 Å². The third-order valence-corrected chi connectivity index (χ3v) is 3.10. The molecule has 1 saturated carbocycles. The predicted molar refractivity (Wildman–Crippen MR) is 55.8 cm³/mol. The molecule has 0 aromatic heterocycles. The molecule has 0 aromatic carbocycles. The summed E-state index contributed by atoms with van der Waals surface area (Å²) in [6, 6.07) is 0. The van der Waals surface area contributed by atoms with E-state index in [0.717, 1.165) is 18.3 Å². The van der Waals surface area contributed by atoms with E-state index in [-0.39, 0.29) is 0 Å². The van der Waals surface area contributed by atoms with Crippen LogP contribution in [0.3, 0.4) is 0 Å². The molecular weight excluding hydrogens is 168 g/mol. The largest absolute Gasteiger partial charge is 0.377 e. The molecule has 0 saturated heterocycles. The summed E-state index contributed by atoms with van der Waals surface area (Å²) in [6.45, 7) is 3.28. The maximum Gasteiger partial charge on any atom is 0.0578 e. The first-order valence-corrected chi connectivity index (χ1v) is 6.33. The molecule has 12 heavy (non-hydrogen) atoms. The third-order valence-electron chi connectivity index (χ3n) is 2.53. The second kappa shape index (κ2) is 5.87. The standard InChI is InChI=1S/C10H20OS/c1-9-4-3-5-10(8-9)11-6-7-12-2/h9-10H,3-8H2,1-2H3. The third kappa shape index (κ3) is 3.81. The zero-order chi connectivity index (χ0) is 8.81. The minimum atomic E-state index is 0.570. The van der Waals surface area contributed by atoms with Crippen molar-refractivity contribution in [2.24, 2.45) is 5.92 Å². The van der Waals surface area contributed by atoms with Crippen molar-refractivity contribution in [3.05, 3.63) is 0 Å². The van der Waals surface area contributed by atoms with Gasteiger partial charge in [0.1, 0.15) is 0 Å². The minimum absolute atomic E-state index is 0.570. The molecule has 2 atom stereocenters. The lowest BCUT2D eigenvalue weighted by atomic mass is 9.89. The first-order chi connectivity index (χ1) is 5.83. The average molecular weight is 188 g/mol. The van der Waals surface area contributed by atoms with E-state index >= 15 is 0 Å². The van der Waals surface area contributed by atoms with E-state index in [2.05, 4.69) is 13.2 Å². The molecule has 0 heterocycles. The lowest BCUT2D eigenvalue weighted by Gasteiger charge is -2.26. The molecule has 1 rings (SSSR count). The Balaban J connectivity index is 2.06. The smallest absolute Gasteiger partial charge is 0.0578 e. The molecule has 0 radical (unpaired) electrons. The molecule has 2 heteroatoms. The Bertz CT molecular complexity index is 116. The number of thioether (sulfide) groups is 1. The fourth-order valence-corrected chi connectivity index (χ4v) is 2.09. The Hall–Kier alpha value is 0.310. The highest BCUT2D eigenvalue weighted by atomic mass is 32.2. The topological polar surface area (TPSA) is 9.23 Å². The lowest BCUT2D eigenvalue weighted by Crippen LogP contribution is -2.22. The Morgan fingerprint density at radius 2 is 2.25 bits per heavy atom. The maximum atomic E-state index is 5.77. The Labute approximate surface area is 80.3 Å². The maximum absolute atomic E-state index is 5.77. The summed E-state index contributed by atoms with van der Waals surface area (Å²) in [4.78, 5) is 0. The van der Waals surface area contributed by atoms with Crippen LogP contribution in [0.1, 0.15) is 32.6 Å². The molecule has 1 aliphatic rings. The van der Waals surface area contributed by atoms with E-state index in [1.807, 2.05) is 11.8 Å². The van der Waals surface area contributed by atoms with Gasteiger partial charge in [-0.2, -0.15) is 11.8 Å². The quantitative estimate of drug-likeness (QED) is 0.627. The Morgan fingerprint density at radius 1 is 1.42 bits per heavy atom. The number of ether oxygens (including phenoxy) is 1. The summed E-state index contributed by atoms with van der Waals surface area (Å²) in [5, 5.41) is 0. The summed E-state index contributed by atoms with van der Waals surface area (Å²) in [5.74, 6) is 2.03. The van der Waals surface area contributed by atoms with Crippen LogP contribution in [0.5, 0.6) is 0 Å². The monoisotopic (exact) mass is 188 g/mol. The molecule has 0 N–H and O–H groups in total. The van der Waals surface area contributed by atoms with Crippen molar-refractivity contribution in [2.45, 2.75) is 38.7 Å². The molecule has 0 spiro atoms. The number of rotatable bonds is 4. The second-order valence-electron chi connectivity index (χ2n) is 3.76. The van der Waals surface area contributed by atoms with Crippen LogP contribution in [0.2, 0.25) is 0 Å². The van der Waals surface area contributed by atoms with Gasteiger partial charge in [0.2, 0.25) is 0 Å². The normalized spacial score (nSPS) is 30.5. The zero-order valence-corrected chi connectivity index (χ0v) is 9.03. The van der Waals surface area contributed by atoms with E-state index in [1.165, 1.54) is 25.7 Å². The lowest BCUT2D eigenvalue weighted by molar-refractivity contribution is 0.0247. The zero-order valence-electron chi connectivity index (χ0n) is 8.21. The molecule has 1 aliphatic carbocycles. The van der Waals surface area contributed by atoms with Gasteiger partial charge in [0.05, 0.1) is 12.7 Å². The van der Waals surface area contributed by atoms with Gasteiger partial charge in [0.15, 0.2) is 0 Å². The van der Waals surface area contributed by atoms with Gasteiger partial charge in [-0.25, -0.2) is 0 Å². The highest BCUT2D eigenvalue weighted by Gasteiger charge is 2.18. The molecule has 0 amide bonds. The van der Waals surface area contributed by atoms with Crippen molar-refractivity contribution in [1.82, 2.24) is 0 Å². The van der Waals surface area contributed by atoms with Crippen molar-refractivity contribution < 1.29 is 4.74 Å². The molecule has 0 aliphatic heterocycles. The van der Waals surface area contributed by atoms with Gasteiger partial charge in [-0.1, -0.05) is 19.8 Å². The van der Waals surface area contributed by atoms with E-state index < -0.39 is 0 Å². The van der Waals surface area contributed by atoms with Gasteiger partial charge in [-0.3, -0.25) is 0 Å². The summed E-state index contributed by atoms with van der Waals surface area (Å²) in [6.07, 6.45) is 8.05. The summed E-state index contributed by atoms with van der Waals surface area (Å²) >= 11 is 1.87. The molecular formula is C10H20OS. The van der Waals surface area contributed by atoms with Crippen LogP contribution in [0.15, 0.2) is 0 Å². The number of hydrogen-bond donors (Lipinski definition) is 0. The van der Waals surface area contributed by atoms with Gasteiger partial charge < -0.3 is 4.74 Å². The van der Waals surface area contributed by atoms with Crippen LogP contribution in [0.4, 0.5) is 0 Å². The van der Waals surface area contributed by atoms with Gasteiger partial charge in [0.25, 0.3) is 0 Å². The van der Waals surface area contributed by atoms with E-state index in [0.29, 0.717) is 6.10 Å². The van der Waals surface area contributed by atoms with Gasteiger partial charge in [-0.05, 0) is 25.0 Å². The van der Waals surface area contributed by atoms with Crippen LogP contribution < -0.4 is 0 Å². The second-order valence-corrected chi connectivity index (χ2v) is 4.74. The Morgan fingerprint density at radius 3 is 2.92 bits per heavy atom. The number of hydrogen-bond acceptors (Lipinski definition) is 2. The van der Waals surface area contributed by atoms with E-state index in [4.69, 9.17) is 4.74 Å². The van der Waals surface area contributed by atoms with Crippen LogP contribution in [-0.4, -0.2) is 24.7 Å². The van der Waals surface area contributed by atoms with E-state index in [1.54, 1.807) is 0 Å². The SMILES string of the molecule is CSCCOC1CCCC(C)C1. The summed E-state index contributed by atoms with van der Waals surface area (Å²) in [5.41, 5.74) is 0. The molecule has 72 valence electrons. The molecule has 0 bridgehead atoms.